The number of ether oxygens (including phenoxy) is 3. The van der Waals surface area contributed by atoms with Crippen molar-refractivity contribution in [3.63, 3.8) is 0 Å². The molecule has 0 saturated heterocycles. The minimum Gasteiger partial charge on any atom is -0.497 e. The molecule has 2 aromatic carbocycles. The number of nitrogens with two attached hydrogens (primary N) is 1. The van der Waals surface area contributed by atoms with Gasteiger partial charge in [0.1, 0.15) is 28.9 Å². The van der Waals surface area contributed by atoms with Gasteiger partial charge in [-0.05, 0) is 30.3 Å². The van der Waals surface area contributed by atoms with Gasteiger partial charge in [-0.2, -0.15) is 5.26 Å². The molecule has 0 saturated carbocycles. The molecule has 4 rings (SSSR count). The second-order valence-corrected chi connectivity index (χ2v) is 6.66. The van der Waals surface area contributed by atoms with Crippen molar-refractivity contribution in [3.05, 3.63) is 75.4 Å². The molecular formula is C22H19N3O4. The van der Waals surface area contributed by atoms with Gasteiger partial charge in [-0.25, -0.2) is 0 Å². The van der Waals surface area contributed by atoms with E-state index in [1.165, 1.54) is 7.11 Å². The van der Waals surface area contributed by atoms with Gasteiger partial charge in [0.15, 0.2) is 0 Å². The molecule has 0 bridgehead atoms. The Labute approximate surface area is 167 Å². The molecule has 0 radical (unpaired) electrons. The molecule has 1 aliphatic rings. The first kappa shape index (κ1) is 18.4. The number of hydrogen-bond acceptors (Lipinski definition) is 6. The molecule has 1 aliphatic heterocycles. The summed E-state index contributed by atoms with van der Waals surface area (Å²) in [5.74, 6) is 0.655. The summed E-state index contributed by atoms with van der Waals surface area (Å²) in [6, 6.07) is 14.7. The van der Waals surface area contributed by atoms with Crippen LogP contribution in [0.5, 0.6) is 17.2 Å². The second-order valence-electron chi connectivity index (χ2n) is 6.66. The third-order valence-electron chi connectivity index (χ3n) is 5.21. The van der Waals surface area contributed by atoms with Gasteiger partial charge >= 0.3 is 0 Å². The summed E-state index contributed by atoms with van der Waals surface area (Å²) in [6.07, 6.45) is 0. The second kappa shape index (κ2) is 6.91. The van der Waals surface area contributed by atoms with E-state index < -0.39 is 5.92 Å². The molecule has 29 heavy (non-hydrogen) atoms. The number of benzene rings is 2. The summed E-state index contributed by atoms with van der Waals surface area (Å²) in [4.78, 5) is 13.4. The van der Waals surface area contributed by atoms with E-state index in [9.17, 15) is 10.1 Å². The predicted molar refractivity (Wildman–Crippen MR) is 108 cm³/mol. The van der Waals surface area contributed by atoms with E-state index in [0.29, 0.717) is 33.9 Å². The number of fused-ring (bicyclic) bond motifs is 3. The summed E-state index contributed by atoms with van der Waals surface area (Å²) in [5, 5.41) is 10.6. The van der Waals surface area contributed by atoms with Crippen LogP contribution in [0.15, 0.2) is 58.7 Å². The van der Waals surface area contributed by atoms with Gasteiger partial charge < -0.3 is 24.5 Å². The lowest BCUT2D eigenvalue weighted by Gasteiger charge is -2.28. The van der Waals surface area contributed by atoms with Gasteiger partial charge in [-0.3, -0.25) is 4.79 Å². The Hall–Kier alpha value is -3.92. The fourth-order valence-corrected chi connectivity index (χ4v) is 3.80. The first-order valence-corrected chi connectivity index (χ1v) is 8.93. The first-order valence-electron chi connectivity index (χ1n) is 8.93. The molecule has 0 unspecified atom stereocenters. The van der Waals surface area contributed by atoms with Crippen molar-refractivity contribution in [2.45, 2.75) is 5.92 Å². The van der Waals surface area contributed by atoms with E-state index in [4.69, 9.17) is 19.9 Å². The number of aryl methyl sites for hydroxylation is 1. The topological polar surface area (TPSA) is 99.5 Å². The van der Waals surface area contributed by atoms with E-state index in [1.54, 1.807) is 36.9 Å². The van der Waals surface area contributed by atoms with Crippen LogP contribution in [0.1, 0.15) is 17.0 Å². The molecular weight excluding hydrogens is 370 g/mol. The van der Waals surface area contributed by atoms with E-state index in [1.807, 2.05) is 24.3 Å². The van der Waals surface area contributed by atoms with Crippen LogP contribution in [-0.2, 0) is 7.05 Å². The molecule has 0 aliphatic carbocycles. The van der Waals surface area contributed by atoms with Crippen molar-refractivity contribution < 1.29 is 14.2 Å². The highest BCUT2D eigenvalue weighted by Gasteiger charge is 2.37. The SMILES string of the molecule is COc1ccc(OC)c([C@H]2C(C#N)=C(N)Oc3c2c(=O)n(C)c2ccccc32)c1. The largest absolute Gasteiger partial charge is 0.497 e. The van der Waals surface area contributed by atoms with Crippen LogP contribution in [0.25, 0.3) is 10.9 Å². The van der Waals surface area contributed by atoms with Gasteiger partial charge in [0, 0.05) is 18.0 Å². The maximum Gasteiger partial charge on any atom is 0.258 e. The lowest BCUT2D eigenvalue weighted by atomic mass is 9.82. The van der Waals surface area contributed by atoms with Crippen molar-refractivity contribution in [1.29, 1.82) is 5.26 Å². The van der Waals surface area contributed by atoms with Crippen LogP contribution < -0.4 is 25.5 Å². The Morgan fingerprint density at radius 1 is 1.17 bits per heavy atom. The zero-order valence-corrected chi connectivity index (χ0v) is 16.2. The minimum absolute atomic E-state index is 0.0340. The van der Waals surface area contributed by atoms with Crippen LogP contribution in [0.3, 0.4) is 0 Å². The van der Waals surface area contributed by atoms with Gasteiger partial charge in [0.25, 0.3) is 5.56 Å². The van der Waals surface area contributed by atoms with E-state index in [0.717, 1.165) is 5.39 Å². The van der Waals surface area contributed by atoms with Crippen LogP contribution in [0.2, 0.25) is 0 Å². The van der Waals surface area contributed by atoms with Crippen LogP contribution in [0, 0.1) is 11.3 Å². The van der Waals surface area contributed by atoms with Gasteiger partial charge in [0.2, 0.25) is 5.88 Å². The third-order valence-corrected chi connectivity index (χ3v) is 5.21. The van der Waals surface area contributed by atoms with Crippen molar-refractivity contribution in [2.24, 2.45) is 12.8 Å². The zero-order valence-electron chi connectivity index (χ0n) is 16.2. The van der Waals surface area contributed by atoms with Crippen LogP contribution >= 0.6 is 0 Å². The molecule has 7 nitrogen and oxygen atoms in total. The van der Waals surface area contributed by atoms with E-state index >= 15 is 0 Å². The first-order chi connectivity index (χ1) is 14.0. The summed E-state index contributed by atoms with van der Waals surface area (Å²) in [6.45, 7) is 0. The molecule has 1 atom stereocenters. The molecule has 1 aromatic heterocycles. The highest BCUT2D eigenvalue weighted by molar-refractivity contribution is 5.88. The highest BCUT2D eigenvalue weighted by atomic mass is 16.5. The van der Waals surface area contributed by atoms with Crippen molar-refractivity contribution in [1.82, 2.24) is 4.57 Å². The number of methoxy groups -OCH3 is 2. The Kier molecular flexibility index (Phi) is 4.40. The standard InChI is InChI=1S/C22H19N3O4/c1-25-16-7-5-4-6-13(16)20-19(22(25)26)18(15(11-23)21(24)29-20)14-10-12(27-2)8-9-17(14)28-3/h4-10,18H,24H2,1-3H3/t18-/m0/s1. The number of nitrogens with zero attached hydrogens (tertiary/aromatic N) is 2. The van der Waals surface area contributed by atoms with Crippen LogP contribution in [0.4, 0.5) is 0 Å². The fourth-order valence-electron chi connectivity index (χ4n) is 3.80. The average Bonchev–Trinajstić information content (AvgIpc) is 2.76. The number of pyridine rings is 1. The Morgan fingerprint density at radius 3 is 2.62 bits per heavy atom. The lowest BCUT2D eigenvalue weighted by Crippen LogP contribution is -2.31. The predicted octanol–water partition coefficient (Wildman–Crippen LogP) is 2.77. The Bertz CT molecular complexity index is 1270. The molecule has 2 heterocycles. The molecule has 2 N–H and O–H groups in total. The van der Waals surface area contributed by atoms with Gasteiger partial charge in [-0.15, -0.1) is 0 Å². The van der Waals surface area contributed by atoms with Gasteiger partial charge in [-0.1, -0.05) is 12.1 Å². The van der Waals surface area contributed by atoms with Crippen molar-refractivity contribution in [3.8, 4) is 23.3 Å². The van der Waals surface area contributed by atoms with Crippen molar-refractivity contribution in [2.75, 3.05) is 14.2 Å². The summed E-state index contributed by atoms with van der Waals surface area (Å²) < 4.78 is 18.2. The number of hydrogen-bond donors (Lipinski definition) is 1. The number of para-hydroxylation sites is 1. The molecule has 146 valence electrons. The number of rotatable bonds is 3. The minimum atomic E-state index is -0.753. The molecule has 0 amide bonds. The van der Waals surface area contributed by atoms with Gasteiger partial charge in [0.05, 0.1) is 31.2 Å². The summed E-state index contributed by atoms with van der Waals surface area (Å²) in [5.41, 5.74) is 7.65. The monoisotopic (exact) mass is 389 g/mol. The quantitative estimate of drug-likeness (QED) is 0.739. The smallest absolute Gasteiger partial charge is 0.258 e. The molecule has 3 aromatic rings. The molecule has 7 heteroatoms. The Balaban J connectivity index is 2.14. The molecule has 0 fully saturated rings. The highest BCUT2D eigenvalue weighted by Crippen LogP contribution is 2.46. The lowest BCUT2D eigenvalue weighted by molar-refractivity contribution is 0.384. The Morgan fingerprint density at radius 2 is 1.93 bits per heavy atom. The molecule has 0 spiro atoms. The number of allylic oxidation sites excluding steroid dienone is 1. The summed E-state index contributed by atoms with van der Waals surface area (Å²) in [7, 11) is 4.77. The maximum atomic E-state index is 13.4. The normalized spacial score (nSPS) is 15.4. The van der Waals surface area contributed by atoms with E-state index in [-0.39, 0.29) is 17.0 Å². The number of nitriles is 1. The van der Waals surface area contributed by atoms with Crippen LogP contribution in [-0.4, -0.2) is 18.8 Å². The maximum absolute atomic E-state index is 13.4. The third kappa shape index (κ3) is 2.69. The fraction of sp³-hybridized carbons (Fsp3) is 0.182. The summed E-state index contributed by atoms with van der Waals surface area (Å²) >= 11 is 0. The zero-order chi connectivity index (χ0) is 20.7. The van der Waals surface area contributed by atoms with E-state index in [2.05, 4.69) is 6.07 Å². The van der Waals surface area contributed by atoms with Crippen molar-refractivity contribution >= 4 is 10.9 Å². The average molecular weight is 389 g/mol. The number of aromatic nitrogens is 1.